The summed E-state index contributed by atoms with van der Waals surface area (Å²) in [5.74, 6) is 3.17. The molecule has 0 unspecified atom stereocenters. The minimum Gasteiger partial charge on any atom is -0.387 e. The van der Waals surface area contributed by atoms with Gasteiger partial charge < -0.3 is 19.0 Å². The molecule has 6 heterocycles. The highest BCUT2D eigenvalue weighted by Gasteiger charge is 2.36. The van der Waals surface area contributed by atoms with Gasteiger partial charge in [-0.2, -0.15) is 0 Å². The first-order valence-electron chi connectivity index (χ1n) is 21.8. The van der Waals surface area contributed by atoms with Gasteiger partial charge in [-0.1, -0.05) is 36.4 Å². The molecular weight excluding hydrogens is 753 g/mol. The molecule has 0 amide bonds. The van der Waals surface area contributed by atoms with Crippen LogP contribution < -0.4 is 0 Å². The topological polar surface area (TPSA) is 75.1 Å². The van der Waals surface area contributed by atoms with E-state index in [1.54, 1.807) is 0 Å². The predicted octanol–water partition coefficient (Wildman–Crippen LogP) is 12.9. The van der Waals surface area contributed by atoms with Gasteiger partial charge in [0.15, 0.2) is 0 Å². The smallest absolute Gasteiger partial charge is 0.0995 e. The van der Waals surface area contributed by atoms with E-state index in [4.69, 9.17) is 0 Å². The maximum absolute atomic E-state index is 11.4. The number of hydrogen-bond acceptors (Lipinski definition) is 6. The summed E-state index contributed by atoms with van der Waals surface area (Å²) in [7, 11) is 0. The molecule has 12 rings (SSSR count). The van der Waals surface area contributed by atoms with Crippen LogP contribution in [0.15, 0.2) is 109 Å². The number of aliphatic hydroxyl groups is 2. The number of rotatable bonds is 8. The summed E-state index contributed by atoms with van der Waals surface area (Å²) in [5, 5.41) is 29.9. The van der Waals surface area contributed by atoms with E-state index >= 15 is 0 Å². The van der Waals surface area contributed by atoms with Gasteiger partial charge in [-0.3, -0.25) is 0 Å². The van der Waals surface area contributed by atoms with Gasteiger partial charge in [-0.15, -0.1) is 22.7 Å². The summed E-state index contributed by atoms with van der Waals surface area (Å²) >= 11 is 3.66. The molecule has 2 aromatic carbocycles. The Hall–Kier alpha value is -4.34. The molecule has 296 valence electrons. The van der Waals surface area contributed by atoms with Crippen LogP contribution in [-0.4, -0.2) is 29.0 Å². The Bertz CT molecular complexity index is 2510. The quantitative estimate of drug-likeness (QED) is 0.160. The highest BCUT2D eigenvalue weighted by molar-refractivity contribution is 7.17. The Balaban J connectivity index is 0.000000133. The molecule has 8 heteroatoms. The molecule has 4 fully saturated rings. The molecule has 2 N–H and O–H groups in total. The Labute approximate surface area is 348 Å². The first kappa shape index (κ1) is 36.7. The van der Waals surface area contributed by atoms with Crippen molar-refractivity contribution >= 4 is 53.9 Å². The molecule has 0 aliphatic heterocycles. The molecule has 0 spiro atoms. The fourth-order valence-electron chi connectivity index (χ4n) is 10.6. The van der Waals surface area contributed by atoms with Gasteiger partial charge in [-0.25, -0.2) is 9.97 Å². The van der Waals surface area contributed by atoms with E-state index in [1.807, 2.05) is 47.7 Å². The third-order valence-electron chi connectivity index (χ3n) is 14.2. The lowest BCUT2D eigenvalue weighted by molar-refractivity contribution is 0.0753. The van der Waals surface area contributed by atoms with Crippen molar-refractivity contribution in [3.8, 4) is 0 Å². The Morgan fingerprint density at radius 1 is 0.483 bits per heavy atom. The molecule has 4 aliphatic rings. The molecule has 4 aliphatic carbocycles. The van der Waals surface area contributed by atoms with Gasteiger partial charge >= 0.3 is 0 Å². The summed E-state index contributed by atoms with van der Waals surface area (Å²) in [4.78, 5) is 8.67. The van der Waals surface area contributed by atoms with E-state index < -0.39 is 12.2 Å². The number of imidazole rings is 2. The minimum absolute atomic E-state index is 0.335. The zero-order valence-corrected chi connectivity index (χ0v) is 34.6. The molecule has 6 aromatic heterocycles. The fourth-order valence-corrected chi connectivity index (χ4v) is 12.3. The second kappa shape index (κ2) is 15.4. The average Bonchev–Trinajstić information content (AvgIpc) is 4.03. The van der Waals surface area contributed by atoms with Crippen molar-refractivity contribution in [2.45, 2.75) is 113 Å². The van der Waals surface area contributed by atoms with Crippen LogP contribution in [0, 0.1) is 11.8 Å². The van der Waals surface area contributed by atoms with E-state index in [0.717, 1.165) is 73.8 Å². The van der Waals surface area contributed by atoms with Crippen LogP contribution >= 0.6 is 22.7 Å². The number of pyridine rings is 2. The number of nitrogens with zero attached hydrogens (tertiary/aromatic N) is 4. The number of fused-ring (bicyclic) bond motifs is 4. The monoisotopic (exact) mass is 804 g/mol. The highest BCUT2D eigenvalue weighted by atomic mass is 32.1. The number of benzene rings is 2. The molecule has 4 saturated carbocycles. The van der Waals surface area contributed by atoms with Gasteiger partial charge in [0.2, 0.25) is 0 Å². The van der Waals surface area contributed by atoms with Gasteiger partial charge in [0.1, 0.15) is 0 Å². The molecule has 0 radical (unpaired) electrons. The number of aliphatic hydroxyl groups excluding tert-OH is 2. The third kappa shape index (κ3) is 7.00. The molecule has 8 aromatic rings. The molecule has 6 nitrogen and oxygen atoms in total. The number of aromatic nitrogens is 4. The maximum atomic E-state index is 11.4. The van der Waals surface area contributed by atoms with Gasteiger partial charge in [0.05, 0.1) is 59.7 Å². The van der Waals surface area contributed by atoms with Crippen molar-refractivity contribution in [3.63, 3.8) is 0 Å². The lowest BCUT2D eigenvalue weighted by Gasteiger charge is -2.33. The zero-order valence-electron chi connectivity index (χ0n) is 33.0. The Morgan fingerprint density at radius 3 is 1.31 bits per heavy atom. The zero-order chi connectivity index (χ0) is 38.7. The SMILES string of the molecule is O[C@@H](c1c(C2CC2)ccc2cncn12)C1CCC(c2ccc3ccsc3c2)CC1.O[C@H](c1c(C2CC2)ccc2cncn12)C1CCC(c2ccc3ccsc3c2)CC1. The van der Waals surface area contributed by atoms with Crippen molar-refractivity contribution in [3.05, 3.63) is 142 Å². The second-order valence-corrected chi connectivity index (χ2v) is 19.7. The number of thiophene rings is 2. The summed E-state index contributed by atoms with van der Waals surface area (Å²) in [6, 6.07) is 27.1. The van der Waals surface area contributed by atoms with Crippen molar-refractivity contribution in [1.29, 1.82) is 0 Å². The van der Waals surface area contributed by atoms with Crippen LogP contribution in [0.3, 0.4) is 0 Å². The molecular formula is C50H52N4O2S2. The first-order chi connectivity index (χ1) is 28.6. The normalized spacial score (nSPS) is 23.6. The lowest BCUT2D eigenvalue weighted by atomic mass is 9.75. The first-order valence-corrected chi connectivity index (χ1v) is 23.5. The minimum atomic E-state index is -0.399. The van der Waals surface area contributed by atoms with Crippen LogP contribution in [0.25, 0.3) is 31.2 Å². The van der Waals surface area contributed by atoms with Crippen molar-refractivity contribution in [2.24, 2.45) is 11.8 Å². The number of hydrogen-bond donors (Lipinski definition) is 2. The maximum Gasteiger partial charge on any atom is 0.0995 e. The van der Waals surface area contributed by atoms with E-state index in [1.165, 1.54) is 68.1 Å². The van der Waals surface area contributed by atoms with E-state index in [-0.39, 0.29) is 0 Å². The van der Waals surface area contributed by atoms with E-state index in [9.17, 15) is 10.2 Å². The van der Waals surface area contributed by atoms with Gasteiger partial charge in [0, 0.05) is 9.40 Å². The van der Waals surface area contributed by atoms with Crippen molar-refractivity contribution in [2.75, 3.05) is 0 Å². The van der Waals surface area contributed by atoms with Crippen molar-refractivity contribution in [1.82, 2.24) is 18.8 Å². The molecule has 2 atom stereocenters. The average molecular weight is 805 g/mol. The second-order valence-electron chi connectivity index (χ2n) is 17.8. The van der Waals surface area contributed by atoms with E-state index in [2.05, 4.69) is 102 Å². The van der Waals surface area contributed by atoms with Crippen LogP contribution in [-0.2, 0) is 0 Å². The molecule has 0 saturated heterocycles. The Morgan fingerprint density at radius 2 is 0.897 bits per heavy atom. The fraction of sp³-hybridized carbons (Fsp3) is 0.400. The molecule has 0 bridgehead atoms. The summed E-state index contributed by atoms with van der Waals surface area (Å²) in [6.45, 7) is 0. The van der Waals surface area contributed by atoms with Crippen molar-refractivity contribution < 1.29 is 10.2 Å². The van der Waals surface area contributed by atoms with Gasteiger partial charge in [0.25, 0.3) is 0 Å². The van der Waals surface area contributed by atoms with Crippen LogP contribution in [0.1, 0.15) is 147 Å². The van der Waals surface area contributed by atoms with Gasteiger partial charge in [-0.05, 0) is 193 Å². The predicted molar refractivity (Wildman–Crippen MR) is 237 cm³/mol. The lowest BCUT2D eigenvalue weighted by Crippen LogP contribution is -2.22. The largest absolute Gasteiger partial charge is 0.387 e. The molecule has 58 heavy (non-hydrogen) atoms. The summed E-state index contributed by atoms with van der Waals surface area (Å²) in [6.07, 6.45) is 20.7. The van der Waals surface area contributed by atoms with Crippen LogP contribution in [0.5, 0.6) is 0 Å². The highest BCUT2D eigenvalue weighted by Crippen LogP contribution is 2.49. The summed E-state index contributed by atoms with van der Waals surface area (Å²) in [5.41, 5.74) is 10.0. The van der Waals surface area contributed by atoms with E-state index in [0.29, 0.717) is 35.5 Å². The Kier molecular flexibility index (Phi) is 9.72. The van der Waals surface area contributed by atoms with Crippen LogP contribution in [0.4, 0.5) is 0 Å². The third-order valence-corrected chi connectivity index (χ3v) is 16.0. The summed E-state index contributed by atoms with van der Waals surface area (Å²) < 4.78 is 7.06. The van der Waals surface area contributed by atoms with Crippen LogP contribution in [0.2, 0.25) is 0 Å². The standard InChI is InChI=1S/2C25H26N2OS/c2*28-25(24-22(17-3-4-17)10-9-21-14-26-15-27(21)24)19-6-1-16(2-7-19)20-8-5-18-11-12-29-23(18)13-20/h2*5,8-17,19,25,28H,1-4,6-7H2/t2*16?,19?,25-/m10/s1.